The van der Waals surface area contributed by atoms with E-state index in [1.165, 1.54) is 0 Å². The van der Waals surface area contributed by atoms with Gasteiger partial charge in [-0.2, -0.15) is 0 Å². The Morgan fingerprint density at radius 3 is 3.07 bits per heavy atom. The number of carbonyl (C=O) groups is 1. The maximum Gasteiger partial charge on any atom is 0.261 e. The molecule has 5 rings (SSSR count). The largest absolute Gasteiger partial charge is 0.479 e. The third-order valence-electron chi connectivity index (χ3n) is 5.48. The van der Waals surface area contributed by atoms with E-state index in [9.17, 15) is 4.79 Å². The number of hydrogen-bond acceptors (Lipinski definition) is 4. The molecule has 0 bridgehead atoms. The molecule has 7 heteroatoms. The number of amides is 1. The van der Waals surface area contributed by atoms with Crippen molar-refractivity contribution < 1.29 is 9.53 Å². The molecular formula is C21H21ClN4O2. The number of benzene rings is 1. The van der Waals surface area contributed by atoms with Crippen molar-refractivity contribution in [1.82, 2.24) is 20.6 Å². The highest BCUT2D eigenvalue weighted by atomic mass is 35.5. The van der Waals surface area contributed by atoms with E-state index in [1.54, 1.807) is 6.20 Å². The maximum absolute atomic E-state index is 12.8. The van der Waals surface area contributed by atoms with E-state index in [0.29, 0.717) is 11.4 Å². The normalized spacial score (nSPS) is 21.3. The molecule has 0 aliphatic carbocycles. The van der Waals surface area contributed by atoms with Gasteiger partial charge in [-0.15, -0.1) is 0 Å². The van der Waals surface area contributed by atoms with Gasteiger partial charge in [-0.25, -0.2) is 4.98 Å². The van der Waals surface area contributed by atoms with Crippen molar-refractivity contribution in [1.29, 1.82) is 0 Å². The number of piperidine rings is 1. The van der Waals surface area contributed by atoms with E-state index in [2.05, 4.69) is 20.6 Å². The predicted molar refractivity (Wildman–Crippen MR) is 109 cm³/mol. The van der Waals surface area contributed by atoms with Gasteiger partial charge in [-0.1, -0.05) is 11.6 Å². The van der Waals surface area contributed by atoms with Crippen LogP contribution in [0.5, 0.6) is 5.75 Å². The minimum atomic E-state index is -0.530. The lowest BCUT2D eigenvalue weighted by atomic mass is 9.99. The first-order chi connectivity index (χ1) is 13.7. The second kappa shape index (κ2) is 7.11. The molecule has 144 valence electrons. The molecule has 28 heavy (non-hydrogen) atoms. The molecule has 1 amide bonds. The van der Waals surface area contributed by atoms with E-state index in [4.69, 9.17) is 16.3 Å². The Labute approximate surface area is 167 Å². The van der Waals surface area contributed by atoms with Crippen molar-refractivity contribution in [2.45, 2.75) is 31.4 Å². The molecule has 2 atom stereocenters. The number of hydrogen-bond donors (Lipinski definition) is 3. The summed E-state index contributed by atoms with van der Waals surface area (Å²) in [6.07, 6.45) is 5.69. The molecule has 6 nitrogen and oxygen atoms in total. The number of ether oxygens (including phenoxy) is 1. The van der Waals surface area contributed by atoms with E-state index in [1.807, 2.05) is 30.5 Å². The third kappa shape index (κ3) is 3.12. The van der Waals surface area contributed by atoms with E-state index in [0.717, 1.165) is 59.4 Å². The van der Waals surface area contributed by atoms with Crippen LogP contribution in [0.3, 0.4) is 0 Å². The molecule has 0 spiro atoms. The Hall–Kier alpha value is -2.57. The van der Waals surface area contributed by atoms with Gasteiger partial charge >= 0.3 is 0 Å². The Morgan fingerprint density at radius 2 is 2.21 bits per heavy atom. The highest BCUT2D eigenvalue weighted by Gasteiger charge is 2.33. The lowest BCUT2D eigenvalue weighted by Crippen LogP contribution is -2.49. The highest BCUT2D eigenvalue weighted by Crippen LogP contribution is 2.43. The van der Waals surface area contributed by atoms with E-state index < -0.39 is 6.10 Å². The van der Waals surface area contributed by atoms with Crippen LogP contribution in [0.25, 0.3) is 22.2 Å². The van der Waals surface area contributed by atoms with Gasteiger partial charge in [0, 0.05) is 52.9 Å². The van der Waals surface area contributed by atoms with Crippen molar-refractivity contribution >= 4 is 28.5 Å². The molecule has 0 unspecified atom stereocenters. The van der Waals surface area contributed by atoms with Gasteiger partial charge < -0.3 is 20.4 Å². The summed E-state index contributed by atoms with van der Waals surface area (Å²) in [5.74, 6) is 0.675. The molecule has 4 heterocycles. The zero-order chi connectivity index (χ0) is 19.1. The van der Waals surface area contributed by atoms with Crippen molar-refractivity contribution in [3.8, 4) is 16.9 Å². The smallest absolute Gasteiger partial charge is 0.261 e. The molecule has 2 aliphatic rings. The second-order valence-electron chi connectivity index (χ2n) is 7.40. The summed E-state index contributed by atoms with van der Waals surface area (Å²) in [7, 11) is 0. The summed E-state index contributed by atoms with van der Waals surface area (Å²) in [4.78, 5) is 20.3. The number of aromatic nitrogens is 2. The fourth-order valence-electron chi connectivity index (χ4n) is 4.14. The molecule has 2 aliphatic heterocycles. The van der Waals surface area contributed by atoms with Crippen LogP contribution < -0.4 is 15.4 Å². The van der Waals surface area contributed by atoms with Crippen LogP contribution in [-0.2, 0) is 11.2 Å². The van der Waals surface area contributed by atoms with E-state index in [-0.39, 0.29) is 11.9 Å². The van der Waals surface area contributed by atoms with Crippen LogP contribution in [0.1, 0.15) is 18.4 Å². The average molecular weight is 397 g/mol. The zero-order valence-electron chi connectivity index (χ0n) is 15.3. The van der Waals surface area contributed by atoms with Gasteiger partial charge in [0.05, 0.1) is 0 Å². The first kappa shape index (κ1) is 17.5. The van der Waals surface area contributed by atoms with Crippen molar-refractivity contribution in [2.24, 2.45) is 0 Å². The van der Waals surface area contributed by atoms with Crippen LogP contribution in [-0.4, -0.2) is 41.1 Å². The molecule has 1 saturated heterocycles. The number of H-pyrrole nitrogens is 1. The second-order valence-corrected chi connectivity index (χ2v) is 7.84. The number of nitrogens with one attached hydrogen (secondary N) is 3. The molecule has 0 radical (unpaired) electrons. The molecule has 1 aromatic carbocycles. The summed E-state index contributed by atoms with van der Waals surface area (Å²) in [6, 6.07) is 7.89. The van der Waals surface area contributed by atoms with Gasteiger partial charge in [-0.05, 0) is 49.2 Å². The molecule has 2 aromatic heterocycles. The van der Waals surface area contributed by atoms with Crippen LogP contribution in [0.4, 0.5) is 0 Å². The summed E-state index contributed by atoms with van der Waals surface area (Å²) in [5.41, 5.74) is 3.65. The lowest BCUT2D eigenvalue weighted by Gasteiger charge is -2.25. The quantitative estimate of drug-likeness (QED) is 0.635. The standard InChI is InChI=1S/C21H21ClN4O2/c22-13-8-12-9-18(21(27)26-14-2-1-5-23-11-14)28-19(12)17(10-13)15-3-6-24-20-16(15)4-7-25-20/h3-4,6-8,10,14,18,23H,1-2,5,9,11H2,(H,24,25)(H,26,27)/t14-,18+/m1/s1. The first-order valence-corrected chi connectivity index (χ1v) is 9.99. The fraction of sp³-hybridized carbons (Fsp3) is 0.333. The zero-order valence-corrected chi connectivity index (χ0v) is 16.1. The van der Waals surface area contributed by atoms with Crippen LogP contribution in [0.15, 0.2) is 36.7 Å². The number of pyridine rings is 1. The Balaban J connectivity index is 1.45. The Bertz CT molecular complexity index is 1040. The molecular weight excluding hydrogens is 376 g/mol. The number of fused-ring (bicyclic) bond motifs is 2. The molecule has 1 fully saturated rings. The number of halogens is 1. The van der Waals surface area contributed by atoms with E-state index >= 15 is 0 Å². The molecule has 0 saturated carbocycles. The number of carbonyl (C=O) groups excluding carboxylic acids is 1. The predicted octanol–water partition coefficient (Wildman–Crippen LogP) is 3.06. The summed E-state index contributed by atoms with van der Waals surface area (Å²) in [5, 5.41) is 8.07. The van der Waals surface area contributed by atoms with Crippen molar-refractivity contribution in [3.63, 3.8) is 0 Å². The first-order valence-electron chi connectivity index (χ1n) is 9.61. The van der Waals surface area contributed by atoms with Crippen LogP contribution >= 0.6 is 11.6 Å². The SMILES string of the molecule is O=C(N[C@@H]1CCCNC1)[C@@H]1Cc2cc(Cl)cc(-c3ccnc4[nH]ccc34)c2O1. The average Bonchev–Trinajstić information content (AvgIpc) is 3.34. The Kier molecular flexibility index (Phi) is 4.45. The van der Waals surface area contributed by atoms with Crippen LogP contribution in [0.2, 0.25) is 5.02 Å². The van der Waals surface area contributed by atoms with Crippen LogP contribution in [0, 0.1) is 0 Å². The van der Waals surface area contributed by atoms with Gasteiger partial charge in [0.25, 0.3) is 5.91 Å². The summed E-state index contributed by atoms with van der Waals surface area (Å²) in [6.45, 7) is 1.82. The van der Waals surface area contributed by atoms with Gasteiger partial charge in [0.2, 0.25) is 0 Å². The lowest BCUT2D eigenvalue weighted by molar-refractivity contribution is -0.128. The minimum absolute atomic E-state index is 0.0616. The summed E-state index contributed by atoms with van der Waals surface area (Å²) < 4.78 is 6.15. The van der Waals surface area contributed by atoms with Gasteiger partial charge in [-0.3, -0.25) is 4.79 Å². The van der Waals surface area contributed by atoms with Crippen molar-refractivity contribution in [3.05, 3.63) is 47.2 Å². The monoisotopic (exact) mass is 396 g/mol. The van der Waals surface area contributed by atoms with Gasteiger partial charge in [0.1, 0.15) is 11.4 Å². The number of nitrogens with zero attached hydrogens (tertiary/aromatic N) is 1. The van der Waals surface area contributed by atoms with Gasteiger partial charge in [0.15, 0.2) is 6.10 Å². The number of rotatable bonds is 3. The highest BCUT2D eigenvalue weighted by molar-refractivity contribution is 6.31. The topological polar surface area (TPSA) is 79.0 Å². The van der Waals surface area contributed by atoms with Crippen molar-refractivity contribution in [2.75, 3.05) is 13.1 Å². The molecule has 3 N–H and O–H groups in total. The Morgan fingerprint density at radius 1 is 1.29 bits per heavy atom. The third-order valence-corrected chi connectivity index (χ3v) is 5.70. The summed E-state index contributed by atoms with van der Waals surface area (Å²) >= 11 is 6.40. The minimum Gasteiger partial charge on any atom is -0.479 e. The molecule has 3 aromatic rings. The number of aromatic amines is 1. The fourth-order valence-corrected chi connectivity index (χ4v) is 4.38. The maximum atomic E-state index is 12.8.